The fourth-order valence-corrected chi connectivity index (χ4v) is 1.83. The van der Waals surface area contributed by atoms with Crippen LogP contribution in [0.3, 0.4) is 0 Å². The van der Waals surface area contributed by atoms with Gasteiger partial charge in [-0.05, 0) is 37.0 Å². The topological polar surface area (TPSA) is 87.7 Å². The molecule has 0 heterocycles. The van der Waals surface area contributed by atoms with Crippen molar-refractivity contribution in [3.8, 4) is 5.75 Å². The summed E-state index contributed by atoms with van der Waals surface area (Å²) in [7, 11) is 1.63. The van der Waals surface area contributed by atoms with Gasteiger partial charge in [0.1, 0.15) is 5.75 Å². The van der Waals surface area contributed by atoms with E-state index in [0.717, 1.165) is 24.2 Å². The van der Waals surface area contributed by atoms with Crippen LogP contribution in [0.25, 0.3) is 0 Å². The van der Waals surface area contributed by atoms with E-state index in [1.165, 1.54) is 0 Å². The van der Waals surface area contributed by atoms with Crippen LogP contribution >= 0.6 is 0 Å². The first-order valence-electron chi connectivity index (χ1n) is 6.98. The smallest absolute Gasteiger partial charge is 0.314 e. The number of carboxylic acid groups (broad SMARTS) is 1. The van der Waals surface area contributed by atoms with Crippen LogP contribution < -0.4 is 15.4 Å². The Morgan fingerprint density at radius 2 is 1.90 bits per heavy atom. The molecule has 1 rings (SSSR count). The summed E-state index contributed by atoms with van der Waals surface area (Å²) in [5.41, 5.74) is 1.16. The van der Waals surface area contributed by atoms with Gasteiger partial charge >= 0.3 is 12.0 Å². The molecule has 0 unspecified atom stereocenters. The molecule has 116 valence electrons. The van der Waals surface area contributed by atoms with Crippen molar-refractivity contribution in [2.75, 3.05) is 20.2 Å². The molecular formula is C15H22N2O4. The van der Waals surface area contributed by atoms with Gasteiger partial charge in [-0.25, -0.2) is 4.79 Å². The van der Waals surface area contributed by atoms with Gasteiger partial charge in [-0.3, -0.25) is 4.79 Å². The number of hydrogen-bond acceptors (Lipinski definition) is 3. The number of benzene rings is 1. The van der Waals surface area contributed by atoms with E-state index in [2.05, 4.69) is 10.6 Å². The Balaban J connectivity index is 2.10. The second kappa shape index (κ2) is 9.63. The molecule has 0 atom stereocenters. The van der Waals surface area contributed by atoms with E-state index in [0.29, 0.717) is 19.5 Å². The third-order valence-electron chi connectivity index (χ3n) is 2.91. The summed E-state index contributed by atoms with van der Waals surface area (Å²) in [5.74, 6) is -0.0212. The highest BCUT2D eigenvalue weighted by Gasteiger charge is 2.01. The van der Waals surface area contributed by atoms with Crippen molar-refractivity contribution in [1.82, 2.24) is 10.6 Å². The average molecular weight is 294 g/mol. The number of aliphatic carboxylic acids is 1. The lowest BCUT2D eigenvalue weighted by Crippen LogP contribution is -2.36. The molecule has 0 bridgehead atoms. The molecule has 1 aromatic rings. The number of rotatable bonds is 9. The van der Waals surface area contributed by atoms with Crippen molar-refractivity contribution in [3.63, 3.8) is 0 Å². The van der Waals surface area contributed by atoms with E-state index >= 15 is 0 Å². The number of carbonyl (C=O) groups excluding carboxylic acids is 1. The standard InChI is InChI=1S/C15H22N2O4/c1-21-13-7-2-5-12(11-13)6-3-9-16-15(20)17-10-4-8-14(18)19/h2,5,7,11H,3-4,6,8-10H2,1H3,(H,18,19)(H2,16,17,20). The van der Waals surface area contributed by atoms with Gasteiger partial charge in [0.25, 0.3) is 0 Å². The highest BCUT2D eigenvalue weighted by atomic mass is 16.5. The van der Waals surface area contributed by atoms with Crippen LogP contribution in [0.5, 0.6) is 5.75 Å². The van der Waals surface area contributed by atoms with Crippen LogP contribution in [-0.2, 0) is 11.2 Å². The van der Waals surface area contributed by atoms with E-state index in [1.807, 2.05) is 24.3 Å². The minimum atomic E-state index is -0.851. The summed E-state index contributed by atoms with van der Waals surface area (Å²) in [6, 6.07) is 7.58. The minimum absolute atomic E-state index is 0.0656. The van der Waals surface area contributed by atoms with Gasteiger partial charge in [0.15, 0.2) is 0 Å². The number of urea groups is 1. The van der Waals surface area contributed by atoms with Gasteiger partial charge in [-0.2, -0.15) is 0 Å². The maximum absolute atomic E-state index is 11.4. The highest BCUT2D eigenvalue weighted by molar-refractivity contribution is 5.73. The van der Waals surface area contributed by atoms with Crippen LogP contribution in [0.2, 0.25) is 0 Å². The molecule has 0 aromatic heterocycles. The van der Waals surface area contributed by atoms with Crippen LogP contribution in [0.15, 0.2) is 24.3 Å². The van der Waals surface area contributed by atoms with E-state index in [-0.39, 0.29) is 12.5 Å². The second-order valence-electron chi connectivity index (χ2n) is 4.64. The number of aryl methyl sites for hydroxylation is 1. The van der Waals surface area contributed by atoms with E-state index in [1.54, 1.807) is 7.11 Å². The van der Waals surface area contributed by atoms with E-state index in [4.69, 9.17) is 9.84 Å². The minimum Gasteiger partial charge on any atom is -0.497 e. The number of ether oxygens (including phenoxy) is 1. The molecule has 6 heteroatoms. The number of carboxylic acids is 1. The summed E-state index contributed by atoms with van der Waals surface area (Å²) < 4.78 is 5.15. The van der Waals surface area contributed by atoms with Gasteiger partial charge in [-0.15, -0.1) is 0 Å². The molecule has 1 aromatic carbocycles. The third kappa shape index (κ3) is 7.81. The normalized spacial score (nSPS) is 9.95. The molecule has 0 saturated heterocycles. The van der Waals surface area contributed by atoms with E-state index in [9.17, 15) is 9.59 Å². The Morgan fingerprint density at radius 3 is 2.57 bits per heavy atom. The number of amides is 2. The molecule has 0 aliphatic carbocycles. The zero-order valence-electron chi connectivity index (χ0n) is 12.2. The lowest BCUT2D eigenvalue weighted by molar-refractivity contribution is -0.137. The predicted molar refractivity (Wildman–Crippen MR) is 79.6 cm³/mol. The van der Waals surface area contributed by atoms with Crippen molar-refractivity contribution in [2.24, 2.45) is 0 Å². The van der Waals surface area contributed by atoms with Gasteiger partial charge in [0.05, 0.1) is 7.11 Å². The first-order chi connectivity index (χ1) is 10.1. The van der Waals surface area contributed by atoms with Crippen molar-refractivity contribution < 1.29 is 19.4 Å². The van der Waals surface area contributed by atoms with Gasteiger partial charge in [0, 0.05) is 19.5 Å². The summed E-state index contributed by atoms with van der Waals surface area (Å²) in [6.07, 6.45) is 2.19. The van der Waals surface area contributed by atoms with E-state index < -0.39 is 5.97 Å². The van der Waals surface area contributed by atoms with Crippen molar-refractivity contribution in [1.29, 1.82) is 0 Å². The lowest BCUT2D eigenvalue weighted by Gasteiger charge is -2.07. The number of methoxy groups -OCH3 is 1. The van der Waals surface area contributed by atoms with Crippen molar-refractivity contribution >= 4 is 12.0 Å². The maximum Gasteiger partial charge on any atom is 0.314 e. The summed E-state index contributed by atoms with van der Waals surface area (Å²) in [5, 5.41) is 13.8. The molecule has 6 nitrogen and oxygen atoms in total. The van der Waals surface area contributed by atoms with Crippen LogP contribution in [-0.4, -0.2) is 37.3 Å². The second-order valence-corrected chi connectivity index (χ2v) is 4.64. The largest absolute Gasteiger partial charge is 0.497 e. The fraction of sp³-hybridized carbons (Fsp3) is 0.467. The molecule has 3 N–H and O–H groups in total. The first-order valence-corrected chi connectivity index (χ1v) is 6.98. The summed E-state index contributed by atoms with van der Waals surface area (Å²) >= 11 is 0. The van der Waals surface area contributed by atoms with Gasteiger partial charge in [-0.1, -0.05) is 12.1 Å². The Morgan fingerprint density at radius 1 is 1.19 bits per heavy atom. The molecule has 0 aliphatic rings. The van der Waals surface area contributed by atoms with Crippen LogP contribution in [0, 0.1) is 0 Å². The Bertz CT molecular complexity index is 463. The molecule has 0 saturated carbocycles. The van der Waals surface area contributed by atoms with Crippen molar-refractivity contribution in [2.45, 2.75) is 25.7 Å². The number of nitrogens with one attached hydrogen (secondary N) is 2. The fourth-order valence-electron chi connectivity index (χ4n) is 1.83. The predicted octanol–water partition coefficient (Wildman–Crippen LogP) is 1.79. The molecule has 2 amide bonds. The maximum atomic E-state index is 11.4. The van der Waals surface area contributed by atoms with Crippen LogP contribution in [0.1, 0.15) is 24.8 Å². The molecule has 0 fully saturated rings. The lowest BCUT2D eigenvalue weighted by atomic mass is 10.1. The molecule has 0 radical (unpaired) electrons. The SMILES string of the molecule is COc1cccc(CCCNC(=O)NCCCC(=O)O)c1. The zero-order valence-corrected chi connectivity index (χ0v) is 12.2. The monoisotopic (exact) mass is 294 g/mol. The highest BCUT2D eigenvalue weighted by Crippen LogP contribution is 2.13. The summed E-state index contributed by atoms with van der Waals surface area (Å²) in [6.45, 7) is 0.940. The Labute approximate surface area is 124 Å². The first kappa shape index (κ1) is 16.8. The molecular weight excluding hydrogens is 272 g/mol. The average Bonchev–Trinajstić information content (AvgIpc) is 2.48. The Hall–Kier alpha value is -2.24. The van der Waals surface area contributed by atoms with Crippen molar-refractivity contribution in [3.05, 3.63) is 29.8 Å². The molecule has 0 spiro atoms. The van der Waals surface area contributed by atoms with Crippen LogP contribution in [0.4, 0.5) is 4.79 Å². The Kier molecular flexibility index (Phi) is 7.71. The van der Waals surface area contributed by atoms with Gasteiger partial charge < -0.3 is 20.5 Å². The number of hydrogen-bond donors (Lipinski definition) is 3. The quantitative estimate of drug-likeness (QED) is 0.606. The van der Waals surface area contributed by atoms with Gasteiger partial charge in [0.2, 0.25) is 0 Å². The summed E-state index contributed by atoms with van der Waals surface area (Å²) in [4.78, 5) is 21.7. The molecule has 21 heavy (non-hydrogen) atoms. The number of carbonyl (C=O) groups is 2. The third-order valence-corrected chi connectivity index (χ3v) is 2.91. The molecule has 0 aliphatic heterocycles. The zero-order chi connectivity index (χ0) is 15.5.